The second-order valence-electron chi connectivity index (χ2n) is 6.11. The number of methoxy groups -OCH3 is 1. The fourth-order valence-corrected chi connectivity index (χ4v) is 2.86. The molecule has 0 radical (unpaired) electrons. The molecule has 0 saturated carbocycles. The number of carbonyl (C=O) groups is 1. The lowest BCUT2D eigenvalue weighted by Crippen LogP contribution is -2.38. The Hall–Kier alpha value is -2.00. The summed E-state index contributed by atoms with van der Waals surface area (Å²) >= 11 is 6.29. The van der Waals surface area contributed by atoms with Gasteiger partial charge in [0, 0.05) is 30.7 Å². The van der Waals surface area contributed by atoms with E-state index in [0.717, 1.165) is 35.8 Å². The molecule has 0 aliphatic rings. The molecule has 8 heteroatoms. The van der Waals surface area contributed by atoms with Crippen molar-refractivity contribution in [1.29, 1.82) is 0 Å². The van der Waals surface area contributed by atoms with Crippen LogP contribution in [0.4, 0.5) is 0 Å². The summed E-state index contributed by atoms with van der Waals surface area (Å²) in [5.74, 6) is 1.39. The normalized spacial score (nSPS) is 10.7. The van der Waals surface area contributed by atoms with Crippen LogP contribution in [0.15, 0.2) is 47.5 Å². The number of rotatable bonds is 8. The zero-order valence-electron chi connectivity index (χ0n) is 16.9. The van der Waals surface area contributed by atoms with Crippen molar-refractivity contribution in [2.75, 3.05) is 27.2 Å². The van der Waals surface area contributed by atoms with Gasteiger partial charge in [-0.25, -0.2) is 4.99 Å². The lowest BCUT2D eigenvalue weighted by atomic mass is 10.1. The maximum absolute atomic E-state index is 11.6. The lowest BCUT2D eigenvalue weighted by molar-refractivity contribution is 0.0963. The third kappa shape index (κ3) is 8.10. The molecule has 6 nitrogen and oxygen atoms in total. The number of nitrogens with zero attached hydrogens (tertiary/aromatic N) is 1. The minimum atomic E-state index is -0.0951. The minimum Gasteiger partial charge on any atom is -0.497 e. The second-order valence-corrected chi connectivity index (χ2v) is 6.51. The largest absolute Gasteiger partial charge is 0.497 e. The smallest absolute Gasteiger partial charge is 0.251 e. The Morgan fingerprint density at radius 3 is 2.45 bits per heavy atom. The maximum atomic E-state index is 11.6. The number of halogens is 2. The molecule has 0 bridgehead atoms. The van der Waals surface area contributed by atoms with E-state index in [1.807, 2.05) is 37.3 Å². The van der Waals surface area contributed by atoms with E-state index in [1.54, 1.807) is 26.3 Å². The number of carbonyl (C=O) groups excluding carboxylic acids is 1. The summed E-state index contributed by atoms with van der Waals surface area (Å²) in [4.78, 5) is 16.2. The highest BCUT2D eigenvalue weighted by molar-refractivity contribution is 14.0. The number of benzene rings is 2. The van der Waals surface area contributed by atoms with Gasteiger partial charge in [0.05, 0.1) is 13.7 Å². The highest BCUT2D eigenvalue weighted by atomic mass is 127. The lowest BCUT2D eigenvalue weighted by Gasteiger charge is -2.12. The topological polar surface area (TPSA) is 74.8 Å². The van der Waals surface area contributed by atoms with Gasteiger partial charge in [0.25, 0.3) is 5.91 Å². The van der Waals surface area contributed by atoms with Crippen LogP contribution in [0.5, 0.6) is 5.75 Å². The number of guanidine groups is 1. The van der Waals surface area contributed by atoms with E-state index in [0.29, 0.717) is 23.7 Å². The number of hydrogen-bond donors (Lipinski definition) is 3. The summed E-state index contributed by atoms with van der Waals surface area (Å²) in [5.41, 5.74) is 2.72. The summed E-state index contributed by atoms with van der Waals surface area (Å²) in [7, 11) is 3.24. The van der Waals surface area contributed by atoms with E-state index < -0.39 is 0 Å². The molecule has 1 amide bonds. The Morgan fingerprint density at radius 1 is 1.14 bits per heavy atom. The Kier molecular flexibility index (Phi) is 11.5. The standard InChI is InChI=1S/C21H27ClN4O2.HI/c1-4-24-21(25-12-11-16-9-10-18(28-3)13-19(16)22)26-14-15-5-7-17(8-6-15)20(27)23-2;/h5-10,13H,4,11-12,14H2,1-3H3,(H,23,27)(H2,24,25,26);1H. The van der Waals surface area contributed by atoms with Crippen molar-refractivity contribution in [2.24, 2.45) is 4.99 Å². The van der Waals surface area contributed by atoms with Crippen LogP contribution in [0.3, 0.4) is 0 Å². The van der Waals surface area contributed by atoms with Gasteiger partial charge >= 0.3 is 0 Å². The molecule has 0 atom stereocenters. The highest BCUT2D eigenvalue weighted by Crippen LogP contribution is 2.22. The summed E-state index contributed by atoms with van der Waals surface area (Å²) in [6, 6.07) is 13.1. The molecule has 0 aliphatic carbocycles. The number of nitrogens with one attached hydrogen (secondary N) is 3. The zero-order chi connectivity index (χ0) is 20.4. The van der Waals surface area contributed by atoms with E-state index in [9.17, 15) is 4.79 Å². The van der Waals surface area contributed by atoms with Crippen LogP contribution in [0.1, 0.15) is 28.4 Å². The zero-order valence-corrected chi connectivity index (χ0v) is 20.0. The van der Waals surface area contributed by atoms with Crippen molar-refractivity contribution in [3.63, 3.8) is 0 Å². The van der Waals surface area contributed by atoms with E-state index in [4.69, 9.17) is 16.3 Å². The monoisotopic (exact) mass is 530 g/mol. The summed E-state index contributed by atoms with van der Waals surface area (Å²) in [6.45, 7) is 4.01. The van der Waals surface area contributed by atoms with Crippen molar-refractivity contribution in [3.05, 3.63) is 64.2 Å². The molecule has 3 N–H and O–H groups in total. The molecular formula is C21H28ClIN4O2. The first-order chi connectivity index (χ1) is 13.6. The molecule has 29 heavy (non-hydrogen) atoms. The average Bonchev–Trinajstić information content (AvgIpc) is 2.72. The fraction of sp³-hybridized carbons (Fsp3) is 0.333. The fourth-order valence-electron chi connectivity index (χ4n) is 2.59. The average molecular weight is 531 g/mol. The molecular weight excluding hydrogens is 503 g/mol. The molecule has 0 heterocycles. The van der Waals surface area contributed by atoms with Crippen LogP contribution in [0, 0.1) is 0 Å². The molecule has 0 aliphatic heterocycles. The number of ether oxygens (including phenoxy) is 1. The van der Waals surface area contributed by atoms with Gasteiger partial charge in [0.1, 0.15) is 5.75 Å². The maximum Gasteiger partial charge on any atom is 0.251 e. The van der Waals surface area contributed by atoms with E-state index >= 15 is 0 Å². The molecule has 158 valence electrons. The van der Waals surface area contributed by atoms with Gasteiger partial charge in [-0.1, -0.05) is 29.8 Å². The minimum absolute atomic E-state index is 0. The predicted molar refractivity (Wildman–Crippen MR) is 130 cm³/mol. The molecule has 2 aromatic rings. The van der Waals surface area contributed by atoms with Crippen LogP contribution >= 0.6 is 35.6 Å². The van der Waals surface area contributed by atoms with E-state index in [1.165, 1.54) is 0 Å². The van der Waals surface area contributed by atoms with Gasteiger partial charge in [0.15, 0.2) is 5.96 Å². The summed E-state index contributed by atoms with van der Waals surface area (Å²) < 4.78 is 5.17. The van der Waals surface area contributed by atoms with Gasteiger partial charge < -0.3 is 20.7 Å². The first-order valence-electron chi connectivity index (χ1n) is 9.23. The molecule has 0 spiro atoms. The summed E-state index contributed by atoms with van der Waals surface area (Å²) in [6.07, 6.45) is 0.772. The quantitative estimate of drug-likeness (QED) is 0.277. The second kappa shape index (κ2) is 13.3. The molecule has 0 unspecified atom stereocenters. The van der Waals surface area contributed by atoms with Gasteiger partial charge in [-0.3, -0.25) is 4.79 Å². The van der Waals surface area contributed by atoms with Crippen LogP contribution in [0.2, 0.25) is 5.02 Å². The third-order valence-electron chi connectivity index (χ3n) is 4.15. The predicted octanol–water partition coefficient (Wildman–Crippen LogP) is 3.62. The van der Waals surface area contributed by atoms with Gasteiger partial charge in [-0.2, -0.15) is 0 Å². The molecule has 0 fully saturated rings. The molecule has 0 aromatic heterocycles. The Morgan fingerprint density at radius 2 is 1.86 bits per heavy atom. The van der Waals surface area contributed by atoms with Crippen LogP contribution in [0.25, 0.3) is 0 Å². The molecule has 2 aromatic carbocycles. The van der Waals surface area contributed by atoms with Crippen molar-refractivity contribution in [3.8, 4) is 5.75 Å². The highest BCUT2D eigenvalue weighted by Gasteiger charge is 2.05. The van der Waals surface area contributed by atoms with Crippen molar-refractivity contribution in [1.82, 2.24) is 16.0 Å². The number of amides is 1. The first kappa shape index (κ1) is 25.0. The van der Waals surface area contributed by atoms with E-state index in [2.05, 4.69) is 20.9 Å². The number of hydrogen-bond acceptors (Lipinski definition) is 3. The number of aliphatic imine (C=N–C) groups is 1. The molecule has 0 saturated heterocycles. The van der Waals surface area contributed by atoms with Crippen LogP contribution < -0.4 is 20.7 Å². The van der Waals surface area contributed by atoms with Crippen molar-refractivity contribution >= 4 is 47.4 Å². The van der Waals surface area contributed by atoms with Gasteiger partial charge in [-0.05, 0) is 48.7 Å². The Bertz CT molecular complexity index is 813. The van der Waals surface area contributed by atoms with Gasteiger partial charge in [0.2, 0.25) is 0 Å². The van der Waals surface area contributed by atoms with Gasteiger partial charge in [-0.15, -0.1) is 24.0 Å². The van der Waals surface area contributed by atoms with Crippen LogP contribution in [-0.4, -0.2) is 39.1 Å². The third-order valence-corrected chi connectivity index (χ3v) is 4.51. The van der Waals surface area contributed by atoms with E-state index in [-0.39, 0.29) is 29.9 Å². The SMILES string of the molecule is CCNC(=NCc1ccc(C(=O)NC)cc1)NCCc1ccc(OC)cc1Cl.I. The first-order valence-corrected chi connectivity index (χ1v) is 9.60. The summed E-state index contributed by atoms with van der Waals surface area (Å²) in [5, 5.41) is 9.86. The Labute approximate surface area is 194 Å². The molecule has 2 rings (SSSR count). The van der Waals surface area contributed by atoms with Crippen molar-refractivity contribution in [2.45, 2.75) is 19.9 Å². The Balaban J connectivity index is 0.00000420. The van der Waals surface area contributed by atoms with Crippen molar-refractivity contribution < 1.29 is 9.53 Å². The van der Waals surface area contributed by atoms with Crippen LogP contribution in [-0.2, 0) is 13.0 Å².